The van der Waals surface area contributed by atoms with Crippen LogP contribution < -0.4 is 0 Å². The van der Waals surface area contributed by atoms with Gasteiger partial charge in [-0.05, 0) is 81.6 Å². The lowest BCUT2D eigenvalue weighted by atomic mass is 10.2. The van der Waals surface area contributed by atoms with Gasteiger partial charge in [-0.3, -0.25) is 0 Å². The molecule has 0 aliphatic rings. The number of unbranched alkanes of at least 4 members (excludes halogenated alkanes) is 3. The molecule has 138 valence electrons. The van der Waals surface area contributed by atoms with Gasteiger partial charge in [0.25, 0.3) is 0 Å². The van der Waals surface area contributed by atoms with Crippen LogP contribution in [0.4, 0.5) is 0 Å². The van der Waals surface area contributed by atoms with E-state index in [2.05, 4.69) is 68.9 Å². The summed E-state index contributed by atoms with van der Waals surface area (Å²) in [6.07, 6.45) is 6.41. The zero-order valence-corrected chi connectivity index (χ0v) is 18.0. The molecule has 23 heavy (non-hydrogen) atoms. The second-order valence-electron chi connectivity index (χ2n) is 9.21. The third-order valence-electron chi connectivity index (χ3n) is 2.78. The molecule has 0 aromatic carbocycles. The summed E-state index contributed by atoms with van der Waals surface area (Å²) in [5, 5.41) is 0. The Morgan fingerprint density at radius 3 is 1.39 bits per heavy atom. The van der Waals surface area contributed by atoms with Crippen LogP contribution in [0.1, 0.15) is 88.0 Å². The fourth-order valence-corrected chi connectivity index (χ4v) is 6.34. The van der Waals surface area contributed by atoms with Crippen LogP contribution in [0.25, 0.3) is 0 Å². The zero-order chi connectivity index (χ0) is 18.4. The third kappa shape index (κ3) is 12.9. The molecule has 0 spiro atoms. The molecule has 0 fully saturated rings. The second kappa shape index (κ2) is 8.79. The molecule has 0 radical (unpaired) electrons. The predicted molar refractivity (Wildman–Crippen MR) is 102 cm³/mol. The Hall–Kier alpha value is -0.163. The minimum atomic E-state index is -2.79. The molecule has 0 aliphatic carbocycles. The first-order chi connectivity index (χ1) is 10.2. The van der Waals surface area contributed by atoms with E-state index in [1.54, 1.807) is 0 Å². The first-order valence-corrected chi connectivity index (χ1v) is 10.8. The SMILES string of the molecule is C=CCCCCC[Si](OC(C)(C)C)(OC(C)(C)C)OC(C)(C)C. The molecule has 0 aliphatic heterocycles. The van der Waals surface area contributed by atoms with Gasteiger partial charge in [-0.2, -0.15) is 0 Å². The third-order valence-corrected chi connectivity index (χ3v) is 6.51. The van der Waals surface area contributed by atoms with Crippen LogP contribution in [0.5, 0.6) is 0 Å². The van der Waals surface area contributed by atoms with Crippen LogP contribution in [0.2, 0.25) is 6.04 Å². The molecule has 0 saturated heterocycles. The van der Waals surface area contributed by atoms with E-state index in [0.29, 0.717) is 0 Å². The minimum Gasteiger partial charge on any atom is -0.368 e. The zero-order valence-electron chi connectivity index (χ0n) is 17.0. The first kappa shape index (κ1) is 22.8. The van der Waals surface area contributed by atoms with E-state index in [4.69, 9.17) is 13.3 Å². The van der Waals surface area contributed by atoms with Crippen molar-refractivity contribution in [2.24, 2.45) is 0 Å². The summed E-state index contributed by atoms with van der Waals surface area (Å²) >= 11 is 0. The highest BCUT2D eigenvalue weighted by atomic mass is 28.4. The average Bonchev–Trinajstić information content (AvgIpc) is 2.20. The van der Waals surface area contributed by atoms with Gasteiger partial charge in [0.2, 0.25) is 0 Å². The Kier molecular flexibility index (Phi) is 8.73. The van der Waals surface area contributed by atoms with Crippen LogP contribution in [0.15, 0.2) is 12.7 Å². The molecule has 0 aromatic rings. The number of rotatable bonds is 9. The van der Waals surface area contributed by atoms with E-state index in [0.717, 1.165) is 31.7 Å². The van der Waals surface area contributed by atoms with Crippen LogP contribution in [0, 0.1) is 0 Å². The summed E-state index contributed by atoms with van der Waals surface area (Å²) < 4.78 is 19.4. The molecule has 0 N–H and O–H groups in total. The first-order valence-electron chi connectivity index (χ1n) is 8.89. The van der Waals surface area contributed by atoms with Gasteiger partial charge in [0.05, 0.1) is 16.8 Å². The molecular formula is C19H40O3Si. The number of hydrogen-bond donors (Lipinski definition) is 0. The van der Waals surface area contributed by atoms with Crippen LogP contribution in [-0.4, -0.2) is 25.6 Å². The van der Waals surface area contributed by atoms with Gasteiger partial charge in [0.15, 0.2) is 0 Å². The lowest BCUT2D eigenvalue weighted by molar-refractivity contribution is -0.0755. The van der Waals surface area contributed by atoms with Crippen LogP contribution in [-0.2, 0) is 13.3 Å². The van der Waals surface area contributed by atoms with Crippen molar-refractivity contribution in [2.75, 3.05) is 0 Å². The van der Waals surface area contributed by atoms with Crippen molar-refractivity contribution in [3.05, 3.63) is 12.7 Å². The molecule has 0 unspecified atom stereocenters. The summed E-state index contributed by atoms with van der Waals surface area (Å²) in [4.78, 5) is 0. The molecule has 0 heterocycles. The summed E-state index contributed by atoms with van der Waals surface area (Å²) in [6.45, 7) is 22.5. The average molecular weight is 345 g/mol. The largest absolute Gasteiger partial charge is 0.502 e. The van der Waals surface area contributed by atoms with Gasteiger partial charge in [-0.1, -0.05) is 12.5 Å². The molecule has 0 rings (SSSR count). The van der Waals surface area contributed by atoms with E-state index in [-0.39, 0.29) is 16.8 Å². The highest BCUT2D eigenvalue weighted by Crippen LogP contribution is 2.33. The van der Waals surface area contributed by atoms with Crippen molar-refractivity contribution in [2.45, 2.75) is 111 Å². The van der Waals surface area contributed by atoms with Gasteiger partial charge in [0.1, 0.15) is 0 Å². The summed E-state index contributed by atoms with van der Waals surface area (Å²) in [6, 6.07) is 0.857. The van der Waals surface area contributed by atoms with Crippen LogP contribution in [0.3, 0.4) is 0 Å². The van der Waals surface area contributed by atoms with Gasteiger partial charge < -0.3 is 13.3 Å². The topological polar surface area (TPSA) is 27.7 Å². The predicted octanol–water partition coefficient (Wildman–Crippen LogP) is 6.12. The fourth-order valence-electron chi connectivity index (χ4n) is 2.42. The van der Waals surface area contributed by atoms with Gasteiger partial charge in [-0.25, -0.2) is 0 Å². The van der Waals surface area contributed by atoms with Gasteiger partial charge in [-0.15, -0.1) is 6.58 Å². The molecule has 0 atom stereocenters. The monoisotopic (exact) mass is 344 g/mol. The van der Waals surface area contributed by atoms with E-state index in [9.17, 15) is 0 Å². The van der Waals surface area contributed by atoms with Crippen molar-refractivity contribution < 1.29 is 13.3 Å². The second-order valence-corrected chi connectivity index (χ2v) is 11.7. The molecule has 3 nitrogen and oxygen atoms in total. The lowest BCUT2D eigenvalue weighted by Crippen LogP contribution is -2.57. The smallest absolute Gasteiger partial charge is 0.368 e. The van der Waals surface area contributed by atoms with Gasteiger partial charge in [0, 0.05) is 6.04 Å². The molecule has 0 saturated carbocycles. The van der Waals surface area contributed by atoms with Crippen LogP contribution >= 0.6 is 0 Å². The minimum absolute atomic E-state index is 0.288. The highest BCUT2D eigenvalue weighted by Gasteiger charge is 2.49. The Bertz CT molecular complexity index is 304. The van der Waals surface area contributed by atoms with Crippen molar-refractivity contribution in [1.82, 2.24) is 0 Å². The maximum atomic E-state index is 6.46. The molecule has 4 heteroatoms. The van der Waals surface area contributed by atoms with Crippen molar-refractivity contribution >= 4 is 8.80 Å². The number of hydrogen-bond acceptors (Lipinski definition) is 3. The fraction of sp³-hybridized carbons (Fsp3) is 0.895. The molecule has 0 aromatic heterocycles. The van der Waals surface area contributed by atoms with Crippen molar-refractivity contribution in [1.29, 1.82) is 0 Å². The van der Waals surface area contributed by atoms with Crippen molar-refractivity contribution in [3.63, 3.8) is 0 Å². The lowest BCUT2D eigenvalue weighted by Gasteiger charge is -2.43. The maximum absolute atomic E-state index is 6.46. The highest BCUT2D eigenvalue weighted by molar-refractivity contribution is 6.61. The normalized spacial score (nSPS) is 14.1. The standard InChI is InChI=1S/C19H40O3Si/c1-11-12-13-14-15-16-23(20-17(2,3)4,21-18(5,6)7)22-19(8,9)10/h11H,1,12-16H2,2-10H3. The Balaban J connectivity index is 5.24. The quantitative estimate of drug-likeness (QED) is 0.286. The Morgan fingerprint density at radius 1 is 0.696 bits per heavy atom. The summed E-state index contributed by atoms with van der Waals surface area (Å²) in [5.41, 5.74) is -0.864. The van der Waals surface area contributed by atoms with Crippen molar-refractivity contribution in [3.8, 4) is 0 Å². The Labute approximate surface area is 146 Å². The molecular weight excluding hydrogens is 304 g/mol. The summed E-state index contributed by atoms with van der Waals surface area (Å²) in [7, 11) is -2.79. The maximum Gasteiger partial charge on any atom is 0.502 e. The number of allylic oxidation sites excluding steroid dienone is 1. The van der Waals surface area contributed by atoms with E-state index >= 15 is 0 Å². The molecule has 0 bridgehead atoms. The Morgan fingerprint density at radius 2 is 1.09 bits per heavy atom. The van der Waals surface area contributed by atoms with Gasteiger partial charge >= 0.3 is 8.80 Å². The van der Waals surface area contributed by atoms with E-state index in [1.165, 1.54) is 0 Å². The van der Waals surface area contributed by atoms with E-state index < -0.39 is 8.80 Å². The van der Waals surface area contributed by atoms with E-state index in [1.807, 2.05) is 6.08 Å². The molecule has 0 amide bonds. The summed E-state index contributed by atoms with van der Waals surface area (Å²) in [5.74, 6) is 0.